The summed E-state index contributed by atoms with van der Waals surface area (Å²) in [6.07, 6.45) is 3.86. The Morgan fingerprint density at radius 1 is 0.536 bits per heavy atom. The molecule has 12 aromatic rings. The number of halogens is 4. The maximum absolute atomic E-state index is 11.7. The first-order valence-electron chi connectivity index (χ1n) is 27.1. The van der Waals surface area contributed by atoms with Crippen molar-refractivity contribution in [2.75, 3.05) is 0 Å². The topological polar surface area (TPSA) is 146 Å². The number of aryl methyl sites for hydroxylation is 6. The number of benzene rings is 8. The second kappa shape index (κ2) is 28.4. The van der Waals surface area contributed by atoms with Crippen LogP contribution in [-0.2, 0) is 40.0 Å². The van der Waals surface area contributed by atoms with Gasteiger partial charge in [-0.1, -0.05) is 130 Å². The van der Waals surface area contributed by atoms with E-state index < -0.39 is 19.5 Å². The molecule has 8 aromatic carbocycles. The standard InChI is InChI=1S/C33H30N4O2.C25H23N2O2.C8H7BrN2.BF3.K/c1-4-9-30-35-31-21(2)18-24(32-34-27-12-7-8-13-28(27)36(32)3)19-29(31)37(30)20-22-14-16-23(17-15-22)25-10-5-6-11-26(25)33(38)39;1-3-7-23-26-24-17(2)8-6-11-22(24)27(23)16-18-12-14-19(15-13-18)20-9-4-5-10-21(20)25(28)29;1-11-7-5-3-2-4-6(7)10-8(11)9;2-1(3)4;/h5-8,10-19H,4,9,20H2,1-3H3,(H,38,39);4-5,8-15H,3,7,16H2,1-2H3,(H,28,29);2-5H,1H3;;/q;-1;;;+1. The molecule has 0 unspecified atom stereocenters. The molecule has 0 amide bonds. The van der Waals surface area contributed by atoms with Crippen molar-refractivity contribution in [2.24, 2.45) is 14.1 Å². The first-order valence-corrected chi connectivity index (χ1v) is 27.9. The minimum atomic E-state index is -3.67. The Labute approximate surface area is 536 Å². The van der Waals surface area contributed by atoms with Crippen LogP contribution < -0.4 is 51.4 Å². The van der Waals surface area contributed by atoms with Crippen LogP contribution in [0.1, 0.15) is 81.3 Å². The van der Waals surface area contributed by atoms with Crippen LogP contribution in [0.25, 0.3) is 77.8 Å². The quantitative estimate of drug-likeness (QED) is 0.0857. The maximum atomic E-state index is 11.7. The molecule has 2 N–H and O–H groups in total. The molecule has 0 saturated carbocycles. The summed E-state index contributed by atoms with van der Waals surface area (Å²) in [5.41, 5.74) is 18.0. The predicted molar refractivity (Wildman–Crippen MR) is 329 cm³/mol. The Balaban J connectivity index is 0.000000178. The van der Waals surface area contributed by atoms with Crippen molar-refractivity contribution in [1.29, 1.82) is 0 Å². The number of carboxylic acids is 2. The smallest absolute Gasteiger partial charge is 0.478 e. The number of nitrogens with zero attached hydrogens (tertiary/aromatic N) is 8. The van der Waals surface area contributed by atoms with Gasteiger partial charge in [0, 0.05) is 45.6 Å². The van der Waals surface area contributed by atoms with Crippen molar-refractivity contribution in [2.45, 2.75) is 66.5 Å². The van der Waals surface area contributed by atoms with Gasteiger partial charge in [0.25, 0.3) is 0 Å². The SMILES string of the molecule is CCCc1nc2c(C)c[c-]cc2n1Cc1ccc(-c2ccccc2C(=O)O)cc1.CCCc1nc2c(C)cc(-c3nc4ccccc4n3C)cc2n1Cc1ccc(-c2ccccc2C(=O)O)cc1.Cn1c(Br)nc2ccccc21.FB(F)F.[K+]. The summed E-state index contributed by atoms with van der Waals surface area (Å²) in [5, 5.41) is 19.0. The Kier molecular flexibility index (Phi) is 21.2. The summed E-state index contributed by atoms with van der Waals surface area (Å²) < 4.78 is 38.6. The number of fused-ring (bicyclic) bond motifs is 4. The molecule has 420 valence electrons. The molecular weight excluding hydrogens is 1160 g/mol. The molecule has 0 saturated heterocycles. The van der Waals surface area contributed by atoms with Crippen LogP contribution in [0.2, 0.25) is 0 Å². The van der Waals surface area contributed by atoms with E-state index in [1.54, 1.807) is 24.3 Å². The largest absolute Gasteiger partial charge is 1.00 e. The number of para-hydroxylation sites is 4. The summed E-state index contributed by atoms with van der Waals surface area (Å²) >= 11 is 3.36. The monoisotopic (exact) mass is 1210 g/mol. The zero-order chi connectivity index (χ0) is 58.9. The molecule has 12 rings (SSSR count). The Morgan fingerprint density at radius 2 is 0.976 bits per heavy atom. The average molecular weight is 1220 g/mol. The second-order valence-electron chi connectivity index (χ2n) is 20.0. The minimum Gasteiger partial charge on any atom is -0.478 e. The number of rotatable bonds is 13. The van der Waals surface area contributed by atoms with Crippen molar-refractivity contribution in [3.8, 4) is 33.6 Å². The minimum absolute atomic E-state index is 0. The van der Waals surface area contributed by atoms with Crippen molar-refractivity contribution in [3.63, 3.8) is 0 Å². The van der Waals surface area contributed by atoms with E-state index >= 15 is 0 Å². The third-order valence-corrected chi connectivity index (χ3v) is 15.1. The molecule has 84 heavy (non-hydrogen) atoms. The molecule has 0 radical (unpaired) electrons. The van der Waals surface area contributed by atoms with Gasteiger partial charge in [-0.15, -0.1) is 5.56 Å². The molecule has 0 spiro atoms. The van der Waals surface area contributed by atoms with Crippen LogP contribution >= 0.6 is 15.9 Å². The van der Waals surface area contributed by atoms with Gasteiger partial charge in [-0.05, 0) is 134 Å². The second-order valence-corrected chi connectivity index (χ2v) is 20.7. The number of imidazole rings is 4. The third kappa shape index (κ3) is 14.2. The van der Waals surface area contributed by atoms with E-state index in [2.05, 4.69) is 118 Å². The number of carbonyl (C=O) groups is 2. The summed E-state index contributed by atoms with van der Waals surface area (Å²) in [4.78, 5) is 42.4. The normalized spacial score (nSPS) is 10.9. The van der Waals surface area contributed by atoms with Crippen molar-refractivity contribution in [3.05, 3.63) is 226 Å². The van der Waals surface area contributed by atoms with E-state index in [1.807, 2.05) is 115 Å². The first-order chi connectivity index (χ1) is 40.0. The molecule has 18 heteroatoms. The van der Waals surface area contributed by atoms with Gasteiger partial charge in [0.2, 0.25) is 0 Å². The molecule has 0 fully saturated rings. The van der Waals surface area contributed by atoms with Crippen molar-refractivity contribution < 1.29 is 84.1 Å². The van der Waals surface area contributed by atoms with E-state index in [4.69, 9.17) is 15.0 Å². The Morgan fingerprint density at radius 3 is 1.45 bits per heavy atom. The van der Waals surface area contributed by atoms with Crippen LogP contribution in [0.5, 0.6) is 0 Å². The van der Waals surface area contributed by atoms with Gasteiger partial charge in [-0.25, -0.2) is 24.5 Å². The van der Waals surface area contributed by atoms with E-state index in [0.29, 0.717) is 17.7 Å². The Hall–Kier alpha value is -7.45. The predicted octanol–water partition coefficient (Wildman–Crippen LogP) is 13.0. The van der Waals surface area contributed by atoms with Gasteiger partial charge in [0.1, 0.15) is 11.6 Å². The van der Waals surface area contributed by atoms with Crippen molar-refractivity contribution in [1.82, 2.24) is 38.2 Å². The molecule has 4 aromatic heterocycles. The van der Waals surface area contributed by atoms with E-state index in [0.717, 1.165) is 149 Å². The van der Waals surface area contributed by atoms with Gasteiger partial charge in [0.05, 0.1) is 50.1 Å². The molecule has 0 atom stereocenters. The molecular formula is C66H60BBrF3KN8O4. The number of aromatic nitrogens is 8. The number of carboxylic acid groups (broad SMARTS) is 2. The fraction of sp³-hybridized carbons (Fsp3) is 0.182. The molecule has 4 heterocycles. The van der Waals surface area contributed by atoms with Crippen LogP contribution in [0.15, 0.2) is 175 Å². The Bertz CT molecular complexity index is 4270. The van der Waals surface area contributed by atoms with Gasteiger partial charge >= 0.3 is 70.9 Å². The van der Waals surface area contributed by atoms with Crippen LogP contribution in [0, 0.1) is 19.9 Å². The van der Waals surface area contributed by atoms with E-state index in [-0.39, 0.29) is 51.4 Å². The summed E-state index contributed by atoms with van der Waals surface area (Å²) in [5.74, 6) is 1.26. The molecule has 0 aliphatic rings. The molecule has 0 bridgehead atoms. The molecule has 0 aliphatic carbocycles. The molecule has 12 nitrogen and oxygen atoms in total. The van der Waals surface area contributed by atoms with Gasteiger partial charge in [-0.2, -0.15) is 18.2 Å². The van der Waals surface area contributed by atoms with Gasteiger partial charge in [0.15, 0.2) is 4.73 Å². The fourth-order valence-corrected chi connectivity index (χ4v) is 10.7. The third-order valence-electron chi connectivity index (χ3n) is 14.4. The van der Waals surface area contributed by atoms with Crippen molar-refractivity contribution >= 4 is 79.5 Å². The summed E-state index contributed by atoms with van der Waals surface area (Å²) in [6, 6.07) is 58.4. The van der Waals surface area contributed by atoms with Gasteiger partial charge < -0.3 is 28.5 Å². The number of hydrogen-bond acceptors (Lipinski definition) is 6. The van der Waals surface area contributed by atoms with Gasteiger partial charge in [-0.3, -0.25) is 17.9 Å². The van der Waals surface area contributed by atoms with E-state index in [9.17, 15) is 32.7 Å². The number of aromatic carboxylic acids is 2. The average Bonchev–Trinajstić information content (AvgIpc) is 3.69. The summed E-state index contributed by atoms with van der Waals surface area (Å²) in [6.45, 7) is 9.94. The fourth-order valence-electron chi connectivity index (χ4n) is 10.3. The van der Waals surface area contributed by atoms with Crippen LogP contribution in [0.3, 0.4) is 0 Å². The zero-order valence-corrected chi connectivity index (χ0v) is 52.5. The maximum Gasteiger partial charge on any atom is 1.00 e. The van der Waals surface area contributed by atoms with Crippen LogP contribution in [-0.4, -0.2) is 67.9 Å². The molecule has 0 aliphatic heterocycles. The zero-order valence-electron chi connectivity index (χ0n) is 47.8. The number of hydrogen-bond donors (Lipinski definition) is 2. The van der Waals surface area contributed by atoms with E-state index in [1.165, 1.54) is 0 Å². The first kappa shape index (κ1) is 62.6. The summed E-state index contributed by atoms with van der Waals surface area (Å²) in [7, 11) is 0.382. The van der Waals surface area contributed by atoms with Crippen LogP contribution in [0.4, 0.5) is 12.9 Å².